The number of ether oxygens (including phenoxy) is 2. The van der Waals surface area contributed by atoms with Gasteiger partial charge in [0, 0.05) is 18.8 Å². The Balaban J connectivity index is 1.59. The first kappa shape index (κ1) is 24.2. The molecule has 0 bridgehead atoms. The van der Waals surface area contributed by atoms with E-state index >= 15 is 0 Å². The van der Waals surface area contributed by atoms with Crippen LogP contribution in [0.2, 0.25) is 5.02 Å². The molecule has 0 radical (unpaired) electrons. The van der Waals surface area contributed by atoms with Crippen molar-refractivity contribution in [2.24, 2.45) is 0 Å². The lowest BCUT2D eigenvalue weighted by Gasteiger charge is -2.13. The molecule has 172 valence electrons. The number of hydrogen-bond donors (Lipinski definition) is 2. The molecule has 3 rings (SSSR count). The molecule has 1 atom stereocenters. The van der Waals surface area contributed by atoms with Crippen molar-refractivity contribution >= 4 is 39.2 Å². The van der Waals surface area contributed by atoms with Crippen LogP contribution in [-0.2, 0) is 30.7 Å². The maximum absolute atomic E-state index is 12.6. The predicted octanol–water partition coefficient (Wildman–Crippen LogP) is 3.16. The molecule has 2 N–H and O–H groups in total. The molecule has 1 aliphatic heterocycles. The number of amides is 1. The number of hydrogen-bond acceptors (Lipinski definition) is 6. The Hall–Kier alpha value is -2.46. The molecule has 2 aromatic carbocycles. The van der Waals surface area contributed by atoms with Gasteiger partial charge in [0.2, 0.25) is 10.0 Å². The Labute approximate surface area is 192 Å². The normalized spacial score (nSPS) is 16.0. The summed E-state index contributed by atoms with van der Waals surface area (Å²) in [5, 5.41) is 2.60. The summed E-state index contributed by atoms with van der Waals surface area (Å²) in [6.45, 7) is 2.23. The smallest absolute Gasteiger partial charge is 0.338 e. The molecule has 1 unspecified atom stereocenters. The van der Waals surface area contributed by atoms with Gasteiger partial charge in [0.05, 0.1) is 16.7 Å². The number of aryl methyl sites for hydroxylation is 1. The van der Waals surface area contributed by atoms with Crippen molar-refractivity contribution in [3.63, 3.8) is 0 Å². The molecule has 1 heterocycles. The molecule has 1 saturated heterocycles. The molecule has 1 amide bonds. The molecule has 32 heavy (non-hydrogen) atoms. The highest BCUT2D eigenvalue weighted by atomic mass is 35.5. The van der Waals surface area contributed by atoms with Gasteiger partial charge in [-0.3, -0.25) is 4.79 Å². The zero-order valence-corrected chi connectivity index (χ0v) is 19.2. The molecule has 1 aliphatic rings. The number of carbonyl (C=O) groups is 2. The summed E-state index contributed by atoms with van der Waals surface area (Å²) in [5.41, 5.74) is 1.68. The van der Waals surface area contributed by atoms with Gasteiger partial charge in [-0.2, -0.15) is 0 Å². The third kappa shape index (κ3) is 6.52. The minimum Gasteiger partial charge on any atom is -0.452 e. The third-order valence-electron chi connectivity index (χ3n) is 4.96. The van der Waals surface area contributed by atoms with E-state index in [1.165, 1.54) is 12.1 Å². The van der Waals surface area contributed by atoms with Gasteiger partial charge in [-0.25, -0.2) is 17.9 Å². The first-order chi connectivity index (χ1) is 15.3. The minimum absolute atomic E-state index is 0.0327. The Morgan fingerprint density at radius 2 is 1.94 bits per heavy atom. The zero-order valence-electron chi connectivity index (χ0n) is 17.6. The van der Waals surface area contributed by atoms with E-state index in [1.54, 1.807) is 12.1 Å². The van der Waals surface area contributed by atoms with Crippen molar-refractivity contribution in [1.29, 1.82) is 0 Å². The van der Waals surface area contributed by atoms with Crippen molar-refractivity contribution in [1.82, 2.24) is 4.72 Å². The molecule has 8 nitrogen and oxygen atoms in total. The van der Waals surface area contributed by atoms with Gasteiger partial charge in [-0.1, -0.05) is 30.7 Å². The Morgan fingerprint density at radius 1 is 1.19 bits per heavy atom. The second-order valence-corrected chi connectivity index (χ2v) is 9.45. The second-order valence-electron chi connectivity index (χ2n) is 7.31. The van der Waals surface area contributed by atoms with Gasteiger partial charge < -0.3 is 14.8 Å². The van der Waals surface area contributed by atoms with Gasteiger partial charge in [0.25, 0.3) is 5.91 Å². The Morgan fingerprint density at radius 3 is 2.59 bits per heavy atom. The van der Waals surface area contributed by atoms with E-state index in [9.17, 15) is 18.0 Å². The van der Waals surface area contributed by atoms with E-state index in [0.717, 1.165) is 30.9 Å². The van der Waals surface area contributed by atoms with Crippen molar-refractivity contribution in [2.45, 2.75) is 37.2 Å². The van der Waals surface area contributed by atoms with E-state index in [2.05, 4.69) is 10.0 Å². The predicted molar refractivity (Wildman–Crippen MR) is 120 cm³/mol. The summed E-state index contributed by atoms with van der Waals surface area (Å²) < 4.78 is 38.2. The highest BCUT2D eigenvalue weighted by Gasteiger charge is 2.24. The average Bonchev–Trinajstić information content (AvgIpc) is 3.31. The van der Waals surface area contributed by atoms with Crippen LogP contribution in [0.5, 0.6) is 0 Å². The summed E-state index contributed by atoms with van der Waals surface area (Å²) in [4.78, 5) is 24.2. The minimum atomic E-state index is -3.96. The van der Waals surface area contributed by atoms with Crippen molar-refractivity contribution in [3.8, 4) is 0 Å². The zero-order chi connectivity index (χ0) is 23.1. The van der Waals surface area contributed by atoms with Crippen LogP contribution in [0, 0.1) is 0 Å². The lowest BCUT2D eigenvalue weighted by molar-refractivity contribution is -0.119. The molecule has 1 fully saturated rings. The number of halogens is 1. The fourth-order valence-electron chi connectivity index (χ4n) is 3.16. The fourth-order valence-corrected chi connectivity index (χ4v) is 4.75. The van der Waals surface area contributed by atoms with Gasteiger partial charge >= 0.3 is 5.97 Å². The van der Waals surface area contributed by atoms with Crippen molar-refractivity contribution in [2.75, 3.05) is 25.1 Å². The Bertz CT molecular complexity index is 1070. The van der Waals surface area contributed by atoms with Gasteiger partial charge in [-0.05, 0) is 55.2 Å². The van der Waals surface area contributed by atoms with Crippen LogP contribution >= 0.6 is 11.6 Å². The number of benzene rings is 2. The molecular formula is C22H25ClN2O6S. The highest BCUT2D eigenvalue weighted by molar-refractivity contribution is 7.89. The molecule has 0 aromatic heterocycles. The van der Waals surface area contributed by atoms with E-state index < -0.39 is 28.5 Å². The van der Waals surface area contributed by atoms with Crippen molar-refractivity contribution < 1.29 is 27.5 Å². The highest BCUT2D eigenvalue weighted by Crippen LogP contribution is 2.23. The number of sulfonamides is 1. The molecule has 0 aliphatic carbocycles. The number of carbonyl (C=O) groups excluding carboxylic acids is 2. The maximum atomic E-state index is 12.6. The number of esters is 1. The van der Waals surface area contributed by atoms with Crippen molar-refractivity contribution in [3.05, 3.63) is 58.6 Å². The average molecular weight is 481 g/mol. The Kier molecular flexibility index (Phi) is 8.25. The van der Waals surface area contributed by atoms with Crippen LogP contribution in [0.3, 0.4) is 0 Å². The van der Waals surface area contributed by atoms with Crippen LogP contribution in [0.15, 0.2) is 47.4 Å². The molecular weight excluding hydrogens is 456 g/mol. The monoisotopic (exact) mass is 480 g/mol. The summed E-state index contributed by atoms with van der Waals surface area (Å²) in [6.07, 6.45) is 2.35. The summed E-state index contributed by atoms with van der Waals surface area (Å²) in [7, 11) is -3.96. The first-order valence-corrected chi connectivity index (χ1v) is 12.1. The number of nitrogens with one attached hydrogen (secondary N) is 2. The summed E-state index contributed by atoms with van der Waals surface area (Å²) in [6, 6.07) is 11.1. The standard InChI is InChI=1S/C22H25ClN2O6S/c1-2-15-5-8-17(9-6-15)25-21(26)14-31-22(27)16-7-10-19(23)20(12-16)32(28,29)24-13-18-4-3-11-30-18/h5-10,12,18,24H,2-4,11,13-14H2,1H3,(H,25,26). The lowest BCUT2D eigenvalue weighted by atomic mass is 10.1. The third-order valence-corrected chi connectivity index (χ3v) is 6.87. The SMILES string of the molecule is CCc1ccc(NC(=O)COC(=O)c2ccc(Cl)c(S(=O)(=O)NCC3CCCO3)c2)cc1. The van der Waals surface area contributed by atoms with Crippen LogP contribution in [-0.4, -0.2) is 46.2 Å². The number of anilines is 1. The quantitative estimate of drug-likeness (QED) is 0.533. The molecule has 10 heteroatoms. The van der Waals surface area contributed by atoms with Crippen LogP contribution in [0.4, 0.5) is 5.69 Å². The van der Waals surface area contributed by atoms with E-state index in [1.807, 2.05) is 19.1 Å². The van der Waals surface area contributed by atoms with Crippen LogP contribution < -0.4 is 10.0 Å². The topological polar surface area (TPSA) is 111 Å². The maximum Gasteiger partial charge on any atom is 0.338 e. The molecule has 2 aromatic rings. The lowest BCUT2D eigenvalue weighted by Crippen LogP contribution is -2.32. The van der Waals surface area contributed by atoms with Crippen LogP contribution in [0.25, 0.3) is 0 Å². The summed E-state index contributed by atoms with van der Waals surface area (Å²) >= 11 is 6.05. The second kappa shape index (κ2) is 10.9. The largest absolute Gasteiger partial charge is 0.452 e. The number of rotatable bonds is 9. The van der Waals surface area contributed by atoms with E-state index in [4.69, 9.17) is 21.1 Å². The van der Waals surface area contributed by atoms with Crippen LogP contribution in [0.1, 0.15) is 35.7 Å². The van der Waals surface area contributed by atoms with Gasteiger partial charge in [0.15, 0.2) is 6.61 Å². The molecule has 0 spiro atoms. The van der Waals surface area contributed by atoms with Gasteiger partial charge in [-0.15, -0.1) is 0 Å². The first-order valence-electron chi connectivity index (χ1n) is 10.2. The molecule has 0 saturated carbocycles. The summed E-state index contributed by atoms with van der Waals surface area (Å²) in [5.74, 6) is -1.35. The van der Waals surface area contributed by atoms with E-state index in [0.29, 0.717) is 12.3 Å². The fraction of sp³-hybridized carbons (Fsp3) is 0.364. The van der Waals surface area contributed by atoms with E-state index in [-0.39, 0.29) is 28.1 Å². The van der Waals surface area contributed by atoms with Gasteiger partial charge in [0.1, 0.15) is 4.90 Å².